The van der Waals surface area contributed by atoms with Crippen LogP contribution in [0.15, 0.2) is 0 Å². The van der Waals surface area contributed by atoms with Gasteiger partial charge in [0, 0.05) is 310 Å². The zero-order valence-electron chi connectivity index (χ0n) is 86.8. The van der Waals surface area contributed by atoms with Crippen molar-refractivity contribution < 1.29 is 4.74 Å². The molecular formula is C96H212N20O. The van der Waals surface area contributed by atoms with Gasteiger partial charge in [0.2, 0.25) is 0 Å². The van der Waals surface area contributed by atoms with Crippen LogP contribution in [0.4, 0.5) is 0 Å². The van der Waals surface area contributed by atoms with Gasteiger partial charge in [-0.1, -0.05) is 6.92 Å². The Labute approximate surface area is 733 Å². The van der Waals surface area contributed by atoms with Crippen molar-refractivity contribution in [1.82, 2.24) is 98.0 Å². The zero-order valence-corrected chi connectivity index (χ0v) is 86.8. The van der Waals surface area contributed by atoms with E-state index in [1.165, 1.54) is 183 Å². The van der Waals surface area contributed by atoms with Crippen molar-refractivity contribution in [3.63, 3.8) is 0 Å². The lowest BCUT2D eigenvalue weighted by Crippen LogP contribution is -2.56. The number of nitrogens with zero attached hydrogens (tertiary/aromatic N) is 20. The molecule has 0 unspecified atom stereocenters. The molecule has 117 heavy (non-hydrogen) atoms. The van der Waals surface area contributed by atoms with Gasteiger partial charge in [0.25, 0.3) is 0 Å². The van der Waals surface area contributed by atoms with Crippen molar-refractivity contribution in [2.24, 2.45) is 0 Å². The SMILES string of the molecule is CC(C)N1CCN(C)CC1.CC(C)N1CCN(C)[C@@H](C)C1.CC(C)N1CCN(C)[C@H](C)C1.CC(C)N1CC[C@@H](N(C)C)C1.CC(C)N1C[C@@H](C)N(C)[C@@H](C)C1.CC(C)N1C[C@@H](C)N(C)[C@@H](C)C1.CC(C)N1C[C@@H](C)N(C)[C@H](C)C1.CC(C)N1C[C@H](C)N(C)[C@@H](C)C1.CCN(C)[C@@H]1CCN(C(C)C)C1.COCCN(C)[C@@H]1CCN(C(C)C)C1. The van der Waals surface area contributed by atoms with E-state index in [0.29, 0.717) is 90.6 Å². The third-order valence-corrected chi connectivity index (χ3v) is 29.1. The summed E-state index contributed by atoms with van der Waals surface area (Å²) >= 11 is 0. The zero-order chi connectivity index (χ0) is 89.7. The van der Waals surface area contributed by atoms with Gasteiger partial charge in [-0.3, -0.25) is 73.5 Å². The maximum Gasteiger partial charge on any atom is 0.0589 e. The van der Waals surface area contributed by atoms with E-state index < -0.39 is 0 Å². The van der Waals surface area contributed by atoms with Crippen molar-refractivity contribution in [3.8, 4) is 0 Å². The minimum atomic E-state index is 0.691. The lowest BCUT2D eigenvalue weighted by atomic mass is 10.1. The normalized spacial score (nSPS) is 29.9. The van der Waals surface area contributed by atoms with Gasteiger partial charge in [0.1, 0.15) is 0 Å². The smallest absolute Gasteiger partial charge is 0.0589 e. The van der Waals surface area contributed by atoms with Gasteiger partial charge >= 0.3 is 0 Å². The summed E-state index contributed by atoms with van der Waals surface area (Å²) in [5, 5.41) is 0. The second-order valence-electron chi connectivity index (χ2n) is 41.5. The molecule has 0 amide bonds. The van der Waals surface area contributed by atoms with Crippen molar-refractivity contribution in [2.45, 2.75) is 373 Å². The first-order valence-electron chi connectivity index (χ1n) is 48.3. The van der Waals surface area contributed by atoms with Gasteiger partial charge in [-0.15, -0.1) is 0 Å². The molecule has 10 rings (SSSR count). The van der Waals surface area contributed by atoms with Crippen molar-refractivity contribution in [2.75, 3.05) is 261 Å². The molecular weight excluding hydrogens is 1450 g/mol. The van der Waals surface area contributed by atoms with E-state index in [9.17, 15) is 0 Å². The molecule has 0 aromatic carbocycles. The van der Waals surface area contributed by atoms with Crippen LogP contribution in [0.1, 0.15) is 234 Å². The second kappa shape index (κ2) is 59.2. The summed E-state index contributed by atoms with van der Waals surface area (Å²) in [5.74, 6) is 0. The number of likely N-dealkylation sites (N-methyl/N-ethyl adjacent to an activating group) is 10. The average molecular weight is 1660 g/mol. The van der Waals surface area contributed by atoms with E-state index >= 15 is 0 Å². The fourth-order valence-corrected chi connectivity index (χ4v) is 17.4. The molecule has 13 atom stereocenters. The van der Waals surface area contributed by atoms with Gasteiger partial charge in [0.15, 0.2) is 0 Å². The molecule has 10 aliphatic rings. The summed E-state index contributed by atoms with van der Waals surface area (Å²) in [6.07, 6.45) is 3.99. The Morgan fingerprint density at radius 3 is 0.675 bits per heavy atom. The molecule has 10 saturated heterocycles. The summed E-state index contributed by atoms with van der Waals surface area (Å²) < 4.78 is 5.09. The number of likely N-dealkylation sites (tertiary alicyclic amines) is 3. The second-order valence-corrected chi connectivity index (χ2v) is 41.5. The number of piperazine rings is 7. The Morgan fingerprint density at radius 2 is 0.470 bits per heavy atom. The standard InChI is InChI=1S/C11H24N2O.5C10H22N2.3C9H20N2.C8H18N2/c1-10(2)13-6-5-11(9-13)12(3)7-8-14-4;4*1-8(2)12-6-9(3)11(5)10(4)7-12;1-5-11(4)10-6-7-12(8-10)9(2)3;1-8(2)11-6-5-9(7-11)10(3)4;2*1-8(2)11-6-5-10(4)9(3)7-11;1-8(2)10-6-4-9(3)5-7-10/h10-11H,5-9H2,1-4H3;4*8-10H,6-7H2,1-5H3;9-10H,5-8H2,1-4H3;3*8-9H,5-7H2,1-4H3;8H,4-7H2,1-3H3/t11-;2*9-,10+;2*9-,10-;10-;3*9-;/m1..101110./s1. The third-order valence-electron chi connectivity index (χ3n) is 29.1. The van der Waals surface area contributed by atoms with E-state index in [1.54, 1.807) is 7.11 Å². The number of hydrogen-bond donors (Lipinski definition) is 0. The first kappa shape index (κ1) is 114. The van der Waals surface area contributed by atoms with E-state index in [4.69, 9.17) is 4.74 Å². The predicted molar refractivity (Wildman–Crippen MR) is 517 cm³/mol. The first-order valence-corrected chi connectivity index (χ1v) is 48.3. The summed E-state index contributed by atoms with van der Waals surface area (Å²) in [6.45, 7) is 104. The number of ether oxygens (including phenoxy) is 1. The molecule has 0 aliphatic carbocycles. The molecule has 0 N–H and O–H groups in total. The maximum atomic E-state index is 5.09. The van der Waals surface area contributed by atoms with Crippen LogP contribution >= 0.6 is 0 Å². The summed E-state index contributed by atoms with van der Waals surface area (Å²) in [6, 6.07) is 16.5. The minimum Gasteiger partial charge on any atom is -0.383 e. The Hall–Kier alpha value is -0.840. The Bertz CT molecular complexity index is 2170. The summed E-state index contributed by atoms with van der Waals surface area (Å²) in [5.41, 5.74) is 0. The highest BCUT2D eigenvalue weighted by Gasteiger charge is 2.34. The quantitative estimate of drug-likeness (QED) is 0.139. The van der Waals surface area contributed by atoms with E-state index in [-0.39, 0.29) is 0 Å². The monoisotopic (exact) mass is 1660 g/mol. The van der Waals surface area contributed by atoms with Crippen molar-refractivity contribution in [3.05, 3.63) is 0 Å². The van der Waals surface area contributed by atoms with Gasteiger partial charge in [-0.25, -0.2) is 0 Å². The molecule has 0 bridgehead atoms. The minimum absolute atomic E-state index is 0.691. The number of hydrogen-bond acceptors (Lipinski definition) is 21. The molecule has 10 fully saturated rings. The predicted octanol–water partition coefficient (Wildman–Crippen LogP) is 11.9. The molecule has 10 aliphatic heterocycles. The van der Waals surface area contributed by atoms with Gasteiger partial charge in [-0.2, -0.15) is 0 Å². The highest BCUT2D eigenvalue weighted by atomic mass is 16.5. The molecule has 21 nitrogen and oxygen atoms in total. The molecule has 702 valence electrons. The molecule has 10 heterocycles. The molecule has 0 aromatic heterocycles. The summed E-state index contributed by atoms with van der Waals surface area (Å²) in [4.78, 5) is 49.9. The number of methoxy groups -OCH3 is 1. The highest BCUT2D eigenvalue weighted by Crippen LogP contribution is 2.23. The fourth-order valence-electron chi connectivity index (χ4n) is 17.4. The topological polar surface area (TPSA) is 74.0 Å². The Morgan fingerprint density at radius 1 is 0.256 bits per heavy atom. The van der Waals surface area contributed by atoms with Crippen LogP contribution in [0, 0.1) is 0 Å². The average Bonchev–Trinajstić information content (AvgIpc) is 1.85. The lowest BCUT2D eigenvalue weighted by Gasteiger charge is -2.44. The first-order chi connectivity index (χ1) is 54.4. The number of rotatable bonds is 17. The van der Waals surface area contributed by atoms with Crippen LogP contribution in [0.5, 0.6) is 0 Å². The molecule has 21 heteroatoms. The van der Waals surface area contributed by atoms with Gasteiger partial charge < -0.3 is 29.2 Å². The third kappa shape index (κ3) is 43.5. The molecule has 0 spiro atoms. The molecule has 0 aromatic rings. The van der Waals surface area contributed by atoms with Crippen molar-refractivity contribution in [1.29, 1.82) is 0 Å². The van der Waals surface area contributed by atoms with E-state index in [2.05, 4.69) is 390 Å². The van der Waals surface area contributed by atoms with Crippen LogP contribution in [0.2, 0.25) is 0 Å². The van der Waals surface area contributed by atoms with Crippen LogP contribution in [0.3, 0.4) is 0 Å². The van der Waals surface area contributed by atoms with Crippen molar-refractivity contribution >= 4 is 0 Å². The molecule has 0 saturated carbocycles. The Kier molecular flexibility index (Phi) is 57.8. The van der Waals surface area contributed by atoms with Crippen LogP contribution < -0.4 is 0 Å². The van der Waals surface area contributed by atoms with Gasteiger partial charge in [0.05, 0.1) is 6.61 Å². The maximum absolute atomic E-state index is 5.09. The summed E-state index contributed by atoms with van der Waals surface area (Å²) in [7, 11) is 26.1. The molecule has 0 radical (unpaired) electrons. The fraction of sp³-hybridized carbons (Fsp3) is 1.00. The van der Waals surface area contributed by atoms with Crippen LogP contribution in [-0.2, 0) is 4.74 Å². The van der Waals surface area contributed by atoms with Crippen LogP contribution in [-0.4, -0.2) is 498 Å². The lowest BCUT2D eigenvalue weighted by molar-refractivity contribution is 0.0424. The van der Waals surface area contributed by atoms with E-state index in [1.807, 2.05) is 0 Å². The highest BCUT2D eigenvalue weighted by molar-refractivity contribution is 4.91. The Balaban J connectivity index is 0.000000651. The van der Waals surface area contributed by atoms with Gasteiger partial charge in [-0.05, 0) is 311 Å². The van der Waals surface area contributed by atoms with Crippen LogP contribution in [0.25, 0.3) is 0 Å². The van der Waals surface area contributed by atoms with E-state index in [0.717, 1.165) is 61.5 Å². The largest absolute Gasteiger partial charge is 0.383 e.